The zero-order valence-electron chi connectivity index (χ0n) is 19.0. The van der Waals surface area contributed by atoms with Gasteiger partial charge in [-0.15, -0.1) is 0 Å². The molecule has 0 saturated heterocycles. The van der Waals surface area contributed by atoms with E-state index in [9.17, 15) is 14.4 Å². The molecule has 1 heterocycles. The van der Waals surface area contributed by atoms with Crippen LogP contribution in [-0.4, -0.2) is 36.3 Å². The third kappa shape index (κ3) is 4.70. The number of nitrogens with zero attached hydrogens (tertiary/aromatic N) is 2. The minimum Gasteiger partial charge on any atom is -0.466 e. The van der Waals surface area contributed by atoms with Crippen molar-refractivity contribution in [3.05, 3.63) is 99.1 Å². The van der Waals surface area contributed by atoms with Crippen LogP contribution in [0, 0.1) is 3.57 Å². The minimum absolute atomic E-state index is 0.0663. The molecule has 2 atom stereocenters. The molecule has 34 heavy (non-hydrogen) atoms. The number of anilines is 1. The number of rotatable bonds is 6. The third-order valence-electron chi connectivity index (χ3n) is 5.93. The number of carbonyl (C=O) groups excluding carboxylic acids is 3. The van der Waals surface area contributed by atoms with E-state index in [-0.39, 0.29) is 24.8 Å². The van der Waals surface area contributed by atoms with Crippen LogP contribution in [0.15, 0.2) is 78.9 Å². The first-order chi connectivity index (χ1) is 16.4. The van der Waals surface area contributed by atoms with Gasteiger partial charge >= 0.3 is 5.97 Å². The lowest BCUT2D eigenvalue weighted by atomic mass is 9.95. The van der Waals surface area contributed by atoms with E-state index >= 15 is 0 Å². The average molecular weight is 568 g/mol. The highest BCUT2D eigenvalue weighted by Crippen LogP contribution is 2.40. The Morgan fingerprint density at radius 2 is 1.65 bits per heavy atom. The summed E-state index contributed by atoms with van der Waals surface area (Å²) < 4.78 is 6.14. The Kier molecular flexibility index (Phi) is 7.31. The molecule has 2 unspecified atom stereocenters. The maximum atomic E-state index is 14.2. The van der Waals surface area contributed by atoms with Crippen LogP contribution in [0.2, 0.25) is 0 Å². The van der Waals surface area contributed by atoms with Gasteiger partial charge in [-0.3, -0.25) is 14.4 Å². The monoisotopic (exact) mass is 568 g/mol. The number of benzene rings is 3. The summed E-state index contributed by atoms with van der Waals surface area (Å²) in [6.07, 6.45) is -0.0663. The molecule has 3 aromatic rings. The van der Waals surface area contributed by atoms with Gasteiger partial charge in [-0.25, -0.2) is 0 Å². The second-order valence-corrected chi connectivity index (χ2v) is 9.27. The van der Waals surface area contributed by atoms with Gasteiger partial charge in [-0.2, -0.15) is 0 Å². The Labute approximate surface area is 212 Å². The van der Waals surface area contributed by atoms with Gasteiger partial charge in [0.2, 0.25) is 0 Å². The number of esters is 1. The van der Waals surface area contributed by atoms with Crippen molar-refractivity contribution in [2.75, 3.05) is 18.6 Å². The zero-order valence-corrected chi connectivity index (χ0v) is 21.1. The Morgan fingerprint density at radius 1 is 1.00 bits per heavy atom. The molecule has 6 nitrogen and oxygen atoms in total. The molecule has 0 spiro atoms. The smallest absolute Gasteiger partial charge is 0.308 e. The Morgan fingerprint density at radius 3 is 2.29 bits per heavy atom. The maximum absolute atomic E-state index is 14.2. The molecule has 0 aliphatic carbocycles. The first-order valence-corrected chi connectivity index (χ1v) is 12.2. The van der Waals surface area contributed by atoms with Crippen LogP contribution in [0.25, 0.3) is 0 Å². The molecule has 0 fully saturated rings. The van der Waals surface area contributed by atoms with E-state index in [0.29, 0.717) is 16.8 Å². The molecule has 7 heteroatoms. The van der Waals surface area contributed by atoms with E-state index in [1.165, 1.54) is 4.90 Å². The van der Waals surface area contributed by atoms with Crippen molar-refractivity contribution in [1.29, 1.82) is 0 Å². The van der Waals surface area contributed by atoms with Crippen molar-refractivity contribution in [2.24, 2.45) is 0 Å². The van der Waals surface area contributed by atoms with Gasteiger partial charge in [0.05, 0.1) is 30.3 Å². The van der Waals surface area contributed by atoms with E-state index < -0.39 is 18.1 Å². The van der Waals surface area contributed by atoms with Gasteiger partial charge < -0.3 is 14.5 Å². The number of hydrogen-bond donors (Lipinski definition) is 0. The van der Waals surface area contributed by atoms with Crippen molar-refractivity contribution in [2.45, 2.75) is 25.4 Å². The molecule has 2 amide bonds. The maximum Gasteiger partial charge on any atom is 0.308 e. The summed E-state index contributed by atoms with van der Waals surface area (Å²) >= 11 is 2.16. The summed E-state index contributed by atoms with van der Waals surface area (Å²) in [6, 6.07) is 22.4. The molecule has 1 aliphatic rings. The summed E-state index contributed by atoms with van der Waals surface area (Å²) in [7, 11) is 1.68. The molecule has 1 aliphatic heterocycles. The van der Waals surface area contributed by atoms with Gasteiger partial charge in [-0.1, -0.05) is 60.7 Å². The normalized spacial score (nSPS) is 16.6. The first kappa shape index (κ1) is 23.9. The predicted octanol–water partition coefficient (Wildman–Crippen LogP) is 5.15. The van der Waals surface area contributed by atoms with Crippen LogP contribution in [-0.2, 0) is 14.3 Å². The van der Waals surface area contributed by atoms with Gasteiger partial charge in [0.25, 0.3) is 11.8 Å². The lowest BCUT2D eigenvalue weighted by Gasteiger charge is -2.37. The van der Waals surface area contributed by atoms with Gasteiger partial charge in [-0.05, 0) is 58.8 Å². The number of ether oxygens (including phenoxy) is 1. The Hall–Kier alpha value is -3.20. The van der Waals surface area contributed by atoms with Crippen molar-refractivity contribution in [1.82, 2.24) is 4.90 Å². The summed E-state index contributed by atoms with van der Waals surface area (Å²) in [4.78, 5) is 43.9. The van der Waals surface area contributed by atoms with Crippen LogP contribution in [0.4, 0.5) is 5.69 Å². The van der Waals surface area contributed by atoms with Crippen molar-refractivity contribution < 1.29 is 19.1 Å². The molecule has 3 aromatic carbocycles. The summed E-state index contributed by atoms with van der Waals surface area (Å²) in [5, 5.41) is 0. The summed E-state index contributed by atoms with van der Waals surface area (Å²) in [6.45, 7) is 1.98. The standard InChI is InChI=1S/C27H25IN2O4/c1-3-34-24(31)17-23(18-10-6-4-7-11-18)30-25(19-12-8-5-9-13-19)27(33)29(2)22-15-14-20(28)16-21(22)26(30)32/h4-16,23,25H,3,17H2,1-2H3. The number of halogens is 1. The molecule has 4 rings (SSSR count). The number of fused-ring (bicyclic) bond motifs is 1. The number of amides is 2. The fourth-order valence-corrected chi connectivity index (χ4v) is 4.83. The second-order valence-electron chi connectivity index (χ2n) is 8.02. The second kappa shape index (κ2) is 10.4. The quantitative estimate of drug-likeness (QED) is 0.305. The van der Waals surface area contributed by atoms with E-state index in [0.717, 1.165) is 9.13 Å². The van der Waals surface area contributed by atoms with E-state index in [2.05, 4.69) is 22.6 Å². The summed E-state index contributed by atoms with van der Waals surface area (Å²) in [5.41, 5.74) is 2.40. The average Bonchev–Trinajstić information content (AvgIpc) is 2.93. The first-order valence-electron chi connectivity index (χ1n) is 11.1. The molecule has 0 N–H and O–H groups in total. The lowest BCUT2D eigenvalue weighted by Crippen LogP contribution is -2.44. The number of carbonyl (C=O) groups is 3. The molecule has 0 radical (unpaired) electrons. The highest BCUT2D eigenvalue weighted by Gasteiger charge is 2.43. The SMILES string of the molecule is CCOC(=O)CC(c1ccccc1)N1C(=O)c2cc(I)ccc2N(C)C(=O)C1c1ccccc1. The van der Waals surface area contributed by atoms with Crippen LogP contribution < -0.4 is 4.90 Å². The van der Waals surface area contributed by atoms with Crippen LogP contribution in [0.1, 0.15) is 46.9 Å². The van der Waals surface area contributed by atoms with Crippen molar-refractivity contribution >= 4 is 46.1 Å². The topological polar surface area (TPSA) is 66.9 Å². The fraction of sp³-hybridized carbons (Fsp3) is 0.222. The number of hydrogen-bond acceptors (Lipinski definition) is 4. The van der Waals surface area contributed by atoms with Gasteiger partial charge in [0, 0.05) is 10.6 Å². The predicted molar refractivity (Wildman–Crippen MR) is 138 cm³/mol. The van der Waals surface area contributed by atoms with Crippen molar-refractivity contribution in [3.63, 3.8) is 0 Å². The van der Waals surface area contributed by atoms with E-state index in [1.54, 1.807) is 31.0 Å². The van der Waals surface area contributed by atoms with Crippen LogP contribution in [0.3, 0.4) is 0 Å². The van der Waals surface area contributed by atoms with Crippen LogP contribution in [0.5, 0.6) is 0 Å². The Balaban J connectivity index is 1.95. The number of likely N-dealkylation sites (N-methyl/N-ethyl adjacent to an activating group) is 1. The molecule has 0 aromatic heterocycles. The molecular weight excluding hydrogens is 543 g/mol. The lowest BCUT2D eigenvalue weighted by molar-refractivity contribution is -0.145. The largest absolute Gasteiger partial charge is 0.466 e. The van der Waals surface area contributed by atoms with Crippen LogP contribution >= 0.6 is 22.6 Å². The van der Waals surface area contributed by atoms with E-state index in [1.807, 2.05) is 66.7 Å². The highest BCUT2D eigenvalue weighted by atomic mass is 127. The fourth-order valence-electron chi connectivity index (χ4n) is 4.34. The Bertz CT molecular complexity index is 1200. The van der Waals surface area contributed by atoms with E-state index in [4.69, 9.17) is 4.74 Å². The summed E-state index contributed by atoms with van der Waals surface area (Å²) in [5.74, 6) is -0.980. The third-order valence-corrected chi connectivity index (χ3v) is 6.60. The van der Waals surface area contributed by atoms with Gasteiger partial charge in [0.1, 0.15) is 6.04 Å². The minimum atomic E-state index is -0.914. The van der Waals surface area contributed by atoms with Crippen molar-refractivity contribution in [3.8, 4) is 0 Å². The zero-order chi connectivity index (χ0) is 24.2. The molecule has 0 saturated carbocycles. The molecule has 174 valence electrons. The molecule has 0 bridgehead atoms. The molecular formula is C27H25IN2O4. The highest BCUT2D eigenvalue weighted by molar-refractivity contribution is 14.1. The van der Waals surface area contributed by atoms with Gasteiger partial charge in [0.15, 0.2) is 0 Å².